The second-order valence-electron chi connectivity index (χ2n) is 3.52. The molecule has 2 heterocycles. The van der Waals surface area contributed by atoms with Crippen molar-refractivity contribution in [1.82, 2.24) is 9.97 Å². The van der Waals surface area contributed by atoms with Gasteiger partial charge in [0.2, 0.25) is 0 Å². The maximum Gasteiger partial charge on any atom is 0.360 e. The number of carbonyl (C=O) groups is 1. The van der Waals surface area contributed by atoms with E-state index in [2.05, 4.69) is 25.2 Å². The van der Waals surface area contributed by atoms with Gasteiger partial charge in [-0.1, -0.05) is 6.07 Å². The van der Waals surface area contributed by atoms with E-state index in [9.17, 15) is 4.79 Å². The Hall–Kier alpha value is -2.76. The highest BCUT2D eigenvalue weighted by Gasteiger charge is 2.15. The molecule has 0 bridgehead atoms. The molecule has 2 aromatic heterocycles. The van der Waals surface area contributed by atoms with Crippen molar-refractivity contribution in [3.8, 4) is 0 Å². The number of ether oxygens (including phenoxy) is 1. The van der Waals surface area contributed by atoms with Gasteiger partial charge in [0.15, 0.2) is 5.71 Å². The van der Waals surface area contributed by atoms with Gasteiger partial charge < -0.3 is 4.74 Å². The number of nitrogens with one attached hydrogen (secondary N) is 1. The molecule has 1 N–H and O–H groups in total. The van der Waals surface area contributed by atoms with Crippen LogP contribution in [0.1, 0.15) is 5.69 Å². The molecule has 0 saturated heterocycles. The van der Waals surface area contributed by atoms with Crippen molar-refractivity contribution < 1.29 is 9.53 Å². The van der Waals surface area contributed by atoms with Crippen LogP contribution >= 0.6 is 0 Å². The topological polar surface area (TPSA) is 76.5 Å². The van der Waals surface area contributed by atoms with E-state index in [0.29, 0.717) is 11.4 Å². The number of nitrogens with zero attached hydrogens (tertiary/aromatic N) is 3. The molecule has 0 aliphatic carbocycles. The van der Waals surface area contributed by atoms with E-state index >= 15 is 0 Å². The molecule has 0 fully saturated rings. The van der Waals surface area contributed by atoms with Gasteiger partial charge in [0.05, 0.1) is 24.7 Å². The summed E-state index contributed by atoms with van der Waals surface area (Å²) in [6.45, 7) is 0. The van der Waals surface area contributed by atoms with Crippen LogP contribution in [0.4, 0.5) is 5.69 Å². The number of anilines is 1. The van der Waals surface area contributed by atoms with E-state index in [0.717, 1.165) is 0 Å². The molecule has 0 spiro atoms. The summed E-state index contributed by atoms with van der Waals surface area (Å²) >= 11 is 0. The van der Waals surface area contributed by atoms with Crippen LogP contribution in [0.3, 0.4) is 0 Å². The Morgan fingerprint density at radius 3 is 2.79 bits per heavy atom. The molecule has 0 amide bonds. The molecule has 0 aliphatic heterocycles. The first kappa shape index (κ1) is 12.7. The van der Waals surface area contributed by atoms with Crippen LogP contribution < -0.4 is 5.43 Å². The van der Waals surface area contributed by atoms with E-state index in [4.69, 9.17) is 0 Å². The minimum atomic E-state index is -0.560. The summed E-state index contributed by atoms with van der Waals surface area (Å²) < 4.78 is 4.69. The molecule has 2 rings (SSSR count). The number of hydrogen-bond donors (Lipinski definition) is 1. The van der Waals surface area contributed by atoms with Crippen molar-refractivity contribution in [1.29, 1.82) is 0 Å². The van der Waals surface area contributed by atoms with Crippen LogP contribution in [-0.2, 0) is 9.53 Å². The average Bonchev–Trinajstić information content (AvgIpc) is 2.49. The Kier molecular flexibility index (Phi) is 4.17. The number of pyridine rings is 2. The van der Waals surface area contributed by atoms with Crippen LogP contribution in [0, 0.1) is 0 Å². The minimum absolute atomic E-state index is 0.104. The fourth-order valence-corrected chi connectivity index (χ4v) is 1.36. The number of carbonyl (C=O) groups excluding carboxylic acids is 1. The lowest BCUT2D eigenvalue weighted by Gasteiger charge is -2.05. The number of hydrogen-bond acceptors (Lipinski definition) is 6. The van der Waals surface area contributed by atoms with Gasteiger partial charge in [0.25, 0.3) is 0 Å². The molecule has 6 heteroatoms. The average molecular weight is 256 g/mol. The lowest BCUT2D eigenvalue weighted by molar-refractivity contribution is -0.132. The maximum absolute atomic E-state index is 11.7. The van der Waals surface area contributed by atoms with Gasteiger partial charge >= 0.3 is 5.97 Å². The molecule has 0 radical (unpaired) electrons. The molecule has 0 saturated carbocycles. The first-order valence-corrected chi connectivity index (χ1v) is 5.54. The number of hydrazone groups is 1. The van der Waals surface area contributed by atoms with Crippen LogP contribution in [0.15, 0.2) is 54.0 Å². The molecule has 0 unspecified atom stereocenters. The van der Waals surface area contributed by atoms with Gasteiger partial charge in [-0.15, -0.1) is 0 Å². The second kappa shape index (κ2) is 6.25. The molecular weight excluding hydrogens is 244 g/mol. The smallest absolute Gasteiger partial charge is 0.360 e. The normalized spacial score (nSPS) is 10.9. The minimum Gasteiger partial charge on any atom is -0.464 e. The summed E-state index contributed by atoms with van der Waals surface area (Å²) in [5.74, 6) is -0.560. The monoisotopic (exact) mass is 256 g/mol. The molecule has 19 heavy (non-hydrogen) atoms. The third kappa shape index (κ3) is 3.35. The molecular formula is C13H12N4O2. The quantitative estimate of drug-likeness (QED) is 0.509. The Morgan fingerprint density at radius 2 is 2.16 bits per heavy atom. The standard InChI is InChI=1S/C13H12N4O2/c1-19-13(18)12(11-6-2-3-8-15-11)17-16-10-5-4-7-14-9-10/h2-9,16H,1H3/b17-12-. The zero-order valence-electron chi connectivity index (χ0n) is 10.3. The summed E-state index contributed by atoms with van der Waals surface area (Å²) in [7, 11) is 1.30. The second-order valence-corrected chi connectivity index (χ2v) is 3.52. The fourth-order valence-electron chi connectivity index (χ4n) is 1.36. The highest BCUT2D eigenvalue weighted by molar-refractivity contribution is 6.42. The lowest BCUT2D eigenvalue weighted by Crippen LogP contribution is -2.19. The zero-order chi connectivity index (χ0) is 13.5. The maximum atomic E-state index is 11.7. The molecule has 2 aromatic rings. The zero-order valence-corrected chi connectivity index (χ0v) is 10.3. The Balaban J connectivity index is 2.26. The highest BCUT2D eigenvalue weighted by Crippen LogP contribution is 2.05. The summed E-state index contributed by atoms with van der Waals surface area (Å²) in [5, 5.41) is 4.02. The van der Waals surface area contributed by atoms with Crippen molar-refractivity contribution in [3.63, 3.8) is 0 Å². The first-order chi connectivity index (χ1) is 9.31. The number of aromatic nitrogens is 2. The predicted molar refractivity (Wildman–Crippen MR) is 70.6 cm³/mol. The van der Waals surface area contributed by atoms with Crippen molar-refractivity contribution in [2.24, 2.45) is 5.10 Å². The third-order valence-corrected chi connectivity index (χ3v) is 2.24. The van der Waals surface area contributed by atoms with E-state index in [1.807, 2.05) is 0 Å². The van der Waals surface area contributed by atoms with Crippen LogP contribution in [0.25, 0.3) is 0 Å². The summed E-state index contributed by atoms with van der Waals surface area (Å²) in [4.78, 5) is 19.7. The van der Waals surface area contributed by atoms with Crippen molar-refractivity contribution >= 4 is 17.4 Å². The van der Waals surface area contributed by atoms with Crippen molar-refractivity contribution in [2.45, 2.75) is 0 Å². The molecule has 0 aliphatic rings. The largest absolute Gasteiger partial charge is 0.464 e. The molecule has 0 atom stereocenters. The summed E-state index contributed by atoms with van der Waals surface area (Å²) in [6.07, 6.45) is 4.82. The highest BCUT2D eigenvalue weighted by atomic mass is 16.5. The van der Waals surface area contributed by atoms with E-state index in [1.54, 1.807) is 48.9 Å². The molecule has 6 nitrogen and oxygen atoms in total. The van der Waals surface area contributed by atoms with Gasteiger partial charge in [-0.05, 0) is 24.3 Å². The Bertz CT molecular complexity index is 570. The Labute approximate surface area is 110 Å². The summed E-state index contributed by atoms with van der Waals surface area (Å²) in [6, 6.07) is 8.75. The lowest BCUT2D eigenvalue weighted by atomic mass is 10.2. The van der Waals surface area contributed by atoms with Gasteiger partial charge in [-0.25, -0.2) is 4.79 Å². The van der Waals surface area contributed by atoms with E-state index in [-0.39, 0.29) is 5.71 Å². The number of esters is 1. The van der Waals surface area contributed by atoms with Gasteiger partial charge in [-0.2, -0.15) is 5.10 Å². The SMILES string of the molecule is COC(=O)/C(=N\Nc1cccnc1)c1ccccn1. The fraction of sp³-hybridized carbons (Fsp3) is 0.0769. The van der Waals surface area contributed by atoms with Gasteiger partial charge in [0.1, 0.15) is 0 Å². The van der Waals surface area contributed by atoms with Crippen molar-refractivity contribution in [2.75, 3.05) is 12.5 Å². The van der Waals surface area contributed by atoms with Crippen LogP contribution in [0.2, 0.25) is 0 Å². The van der Waals surface area contributed by atoms with Crippen LogP contribution in [-0.4, -0.2) is 28.8 Å². The molecule has 0 aromatic carbocycles. The molecule has 96 valence electrons. The number of methoxy groups -OCH3 is 1. The Morgan fingerprint density at radius 1 is 1.26 bits per heavy atom. The van der Waals surface area contributed by atoms with Gasteiger partial charge in [0, 0.05) is 12.4 Å². The summed E-state index contributed by atoms with van der Waals surface area (Å²) in [5.41, 5.74) is 3.95. The number of rotatable bonds is 4. The van der Waals surface area contributed by atoms with E-state index < -0.39 is 5.97 Å². The van der Waals surface area contributed by atoms with Crippen LogP contribution in [0.5, 0.6) is 0 Å². The van der Waals surface area contributed by atoms with Gasteiger partial charge in [-0.3, -0.25) is 15.4 Å². The first-order valence-electron chi connectivity index (χ1n) is 5.54. The third-order valence-electron chi connectivity index (χ3n) is 2.24. The predicted octanol–water partition coefficient (Wildman–Crippen LogP) is 1.47. The van der Waals surface area contributed by atoms with E-state index in [1.165, 1.54) is 7.11 Å². The van der Waals surface area contributed by atoms with Crippen molar-refractivity contribution in [3.05, 3.63) is 54.6 Å².